The lowest BCUT2D eigenvalue weighted by atomic mass is 9.81. The summed E-state index contributed by atoms with van der Waals surface area (Å²) in [4.78, 5) is 13.8. The monoisotopic (exact) mass is 312 g/mol. The minimum atomic E-state index is 0. The van der Waals surface area contributed by atoms with Gasteiger partial charge in [-0.1, -0.05) is 32.0 Å². The third kappa shape index (κ3) is 2.31. The molecule has 2 rings (SSSR count). The lowest BCUT2D eigenvalue weighted by Crippen LogP contribution is -2.49. The van der Waals surface area contributed by atoms with Crippen LogP contribution in [-0.4, -0.2) is 11.9 Å². The number of fused-ring (bicyclic) bond motifs is 1. The van der Waals surface area contributed by atoms with Gasteiger partial charge < -0.3 is 10.6 Å². The maximum Gasteiger partial charge on any atom is 0.224 e. The lowest BCUT2D eigenvalue weighted by Gasteiger charge is -2.43. The van der Waals surface area contributed by atoms with Crippen LogP contribution in [0.1, 0.15) is 38.8 Å². The molecule has 1 heterocycles. The molecule has 0 radical (unpaired) electrons. The fraction of sp³-hybridized carbons (Fsp3) is 0.500. The van der Waals surface area contributed by atoms with E-state index in [9.17, 15) is 4.79 Å². The summed E-state index contributed by atoms with van der Waals surface area (Å²) in [5.74, 6) is 0.391. The van der Waals surface area contributed by atoms with Gasteiger partial charge in [0.25, 0.3) is 0 Å². The van der Waals surface area contributed by atoms with Crippen LogP contribution in [0.25, 0.3) is 0 Å². The highest BCUT2D eigenvalue weighted by Gasteiger charge is 2.37. The number of nitrogens with zero attached hydrogens (tertiary/aromatic N) is 1. The van der Waals surface area contributed by atoms with E-state index in [1.165, 1.54) is 0 Å². The van der Waals surface area contributed by atoms with Gasteiger partial charge in [-0.3, -0.25) is 4.79 Å². The van der Waals surface area contributed by atoms with Gasteiger partial charge in [0.2, 0.25) is 5.91 Å². The van der Waals surface area contributed by atoms with Crippen molar-refractivity contribution in [3.63, 3.8) is 0 Å². The van der Waals surface area contributed by atoms with Crippen LogP contribution in [0.5, 0.6) is 0 Å². The van der Waals surface area contributed by atoms with Crippen LogP contribution in [0.4, 0.5) is 5.69 Å². The maximum absolute atomic E-state index is 11.9. The highest BCUT2D eigenvalue weighted by atomic mass is 79.9. The number of anilines is 1. The molecule has 4 heteroatoms. The van der Waals surface area contributed by atoms with E-state index in [0.717, 1.165) is 17.7 Å². The van der Waals surface area contributed by atoms with Crippen molar-refractivity contribution in [2.75, 3.05) is 4.90 Å². The quantitative estimate of drug-likeness (QED) is 0.866. The second-order valence-electron chi connectivity index (χ2n) is 4.81. The number of amides is 1. The van der Waals surface area contributed by atoms with Crippen molar-refractivity contribution in [2.24, 2.45) is 11.7 Å². The molecule has 0 spiro atoms. The Morgan fingerprint density at radius 2 is 2.00 bits per heavy atom. The minimum absolute atomic E-state index is 0. The number of hydrogen-bond acceptors (Lipinski definition) is 2. The number of carbonyl (C=O) groups is 1. The summed E-state index contributed by atoms with van der Waals surface area (Å²) in [6.07, 6.45) is 0.933. The van der Waals surface area contributed by atoms with Gasteiger partial charge in [-0.15, -0.1) is 17.0 Å². The number of halogens is 1. The van der Waals surface area contributed by atoms with Gasteiger partial charge >= 0.3 is 0 Å². The zero-order valence-electron chi connectivity index (χ0n) is 11.1. The van der Waals surface area contributed by atoms with Gasteiger partial charge in [0.05, 0.1) is 0 Å². The predicted molar refractivity (Wildman–Crippen MR) is 80.1 cm³/mol. The number of para-hydroxylation sites is 1. The molecule has 3 atom stereocenters. The SMILES string of the molecule is Br.CC[C@H]1[C@H](C)[C@@H](N)c2ccccc2N1C(C)=O. The summed E-state index contributed by atoms with van der Waals surface area (Å²) in [5.41, 5.74) is 8.35. The Labute approximate surface area is 119 Å². The molecule has 0 fully saturated rings. The van der Waals surface area contributed by atoms with Crippen LogP contribution in [0, 0.1) is 5.92 Å². The van der Waals surface area contributed by atoms with E-state index in [2.05, 4.69) is 13.8 Å². The molecule has 1 aromatic rings. The second kappa shape index (κ2) is 5.85. The molecule has 0 aliphatic carbocycles. The molecular weight excluding hydrogens is 292 g/mol. The van der Waals surface area contributed by atoms with Gasteiger partial charge in [0.15, 0.2) is 0 Å². The van der Waals surface area contributed by atoms with E-state index in [0.29, 0.717) is 5.92 Å². The smallest absolute Gasteiger partial charge is 0.224 e. The Morgan fingerprint density at radius 1 is 1.39 bits per heavy atom. The van der Waals surface area contributed by atoms with Crippen LogP contribution < -0.4 is 10.6 Å². The van der Waals surface area contributed by atoms with E-state index in [4.69, 9.17) is 5.73 Å². The van der Waals surface area contributed by atoms with Crippen molar-refractivity contribution in [1.29, 1.82) is 0 Å². The zero-order chi connectivity index (χ0) is 12.6. The highest BCUT2D eigenvalue weighted by Crippen LogP contribution is 2.40. The molecule has 100 valence electrons. The molecule has 18 heavy (non-hydrogen) atoms. The first-order chi connectivity index (χ1) is 8.07. The summed E-state index contributed by atoms with van der Waals surface area (Å²) in [5, 5.41) is 0. The van der Waals surface area contributed by atoms with Crippen LogP contribution in [-0.2, 0) is 4.79 Å². The van der Waals surface area contributed by atoms with Crippen molar-refractivity contribution in [3.05, 3.63) is 29.8 Å². The van der Waals surface area contributed by atoms with Gasteiger partial charge in [0, 0.05) is 24.7 Å². The number of hydrogen-bond donors (Lipinski definition) is 1. The second-order valence-corrected chi connectivity index (χ2v) is 4.81. The molecule has 2 N–H and O–H groups in total. The molecular formula is C14H21BrN2O. The van der Waals surface area contributed by atoms with Crippen molar-refractivity contribution < 1.29 is 4.79 Å². The lowest BCUT2D eigenvalue weighted by molar-refractivity contribution is -0.117. The molecule has 1 aliphatic rings. The Balaban J connectivity index is 0.00000162. The number of nitrogens with two attached hydrogens (primary N) is 1. The molecule has 0 saturated carbocycles. The first kappa shape index (κ1) is 15.2. The molecule has 0 bridgehead atoms. The fourth-order valence-electron chi connectivity index (χ4n) is 2.88. The first-order valence-electron chi connectivity index (χ1n) is 6.22. The molecule has 0 unspecified atom stereocenters. The van der Waals surface area contributed by atoms with Crippen molar-refractivity contribution in [1.82, 2.24) is 0 Å². The molecule has 0 saturated heterocycles. The van der Waals surface area contributed by atoms with Crippen LogP contribution >= 0.6 is 17.0 Å². The summed E-state index contributed by atoms with van der Waals surface area (Å²) in [7, 11) is 0. The van der Waals surface area contributed by atoms with E-state index in [1.807, 2.05) is 29.2 Å². The van der Waals surface area contributed by atoms with Gasteiger partial charge in [-0.25, -0.2) is 0 Å². The van der Waals surface area contributed by atoms with Crippen LogP contribution in [0.15, 0.2) is 24.3 Å². The van der Waals surface area contributed by atoms with Gasteiger partial charge in [-0.2, -0.15) is 0 Å². The molecule has 0 aromatic heterocycles. The Bertz CT molecular complexity index is 436. The first-order valence-corrected chi connectivity index (χ1v) is 6.22. The molecule has 3 nitrogen and oxygen atoms in total. The topological polar surface area (TPSA) is 46.3 Å². The van der Waals surface area contributed by atoms with Gasteiger partial charge in [0.1, 0.15) is 0 Å². The number of benzene rings is 1. The third-order valence-electron chi connectivity index (χ3n) is 3.82. The zero-order valence-corrected chi connectivity index (χ0v) is 12.8. The highest BCUT2D eigenvalue weighted by molar-refractivity contribution is 8.93. The molecule has 1 amide bonds. The van der Waals surface area contributed by atoms with Crippen LogP contribution in [0.3, 0.4) is 0 Å². The van der Waals surface area contributed by atoms with Crippen molar-refractivity contribution in [3.8, 4) is 0 Å². The maximum atomic E-state index is 11.9. The Morgan fingerprint density at radius 3 is 2.56 bits per heavy atom. The van der Waals surface area contributed by atoms with Gasteiger partial charge in [-0.05, 0) is 24.0 Å². The van der Waals surface area contributed by atoms with E-state index >= 15 is 0 Å². The Kier molecular flexibility index (Phi) is 4.93. The average Bonchev–Trinajstić information content (AvgIpc) is 2.33. The van der Waals surface area contributed by atoms with E-state index in [1.54, 1.807) is 6.92 Å². The average molecular weight is 313 g/mol. The Hall–Kier alpha value is -0.870. The van der Waals surface area contributed by atoms with Crippen molar-refractivity contribution >= 4 is 28.6 Å². The van der Waals surface area contributed by atoms with Crippen LogP contribution in [0.2, 0.25) is 0 Å². The van der Waals surface area contributed by atoms with E-state index < -0.39 is 0 Å². The molecule has 1 aromatic carbocycles. The third-order valence-corrected chi connectivity index (χ3v) is 3.82. The molecule has 1 aliphatic heterocycles. The van der Waals surface area contributed by atoms with Crippen molar-refractivity contribution in [2.45, 2.75) is 39.3 Å². The van der Waals surface area contributed by atoms with E-state index in [-0.39, 0.29) is 35.0 Å². The number of rotatable bonds is 1. The summed E-state index contributed by atoms with van der Waals surface area (Å²) < 4.78 is 0. The predicted octanol–water partition coefficient (Wildman–Crippen LogP) is 3.05. The normalized spacial score (nSPS) is 26.2. The standard InChI is InChI=1S/C14H20N2O.BrH/c1-4-12-9(2)14(15)11-7-5-6-8-13(11)16(12)10(3)17;/h5-9,12,14H,4,15H2,1-3H3;1H/t9-,12-,14+;/m0./s1. The fourth-order valence-corrected chi connectivity index (χ4v) is 2.88. The summed E-state index contributed by atoms with van der Waals surface area (Å²) in [6.45, 7) is 5.87. The number of carbonyl (C=O) groups excluding carboxylic acids is 1. The largest absolute Gasteiger partial charge is 0.324 e. The minimum Gasteiger partial charge on any atom is -0.324 e. The summed E-state index contributed by atoms with van der Waals surface area (Å²) >= 11 is 0. The summed E-state index contributed by atoms with van der Waals surface area (Å²) in [6, 6.07) is 8.19.